The van der Waals surface area contributed by atoms with Gasteiger partial charge in [0.1, 0.15) is 6.61 Å². The third-order valence-electron chi connectivity index (χ3n) is 2.28. The minimum absolute atomic E-state index is 0.0872. The summed E-state index contributed by atoms with van der Waals surface area (Å²) in [6.07, 6.45) is -0.527. The van der Waals surface area contributed by atoms with Gasteiger partial charge in [-0.25, -0.2) is 8.78 Å². The first-order valence-electron chi connectivity index (χ1n) is 3.80. The molecule has 2 rings (SSSR count). The maximum absolute atomic E-state index is 12.5. The second kappa shape index (κ2) is 2.16. The van der Waals surface area contributed by atoms with Crippen molar-refractivity contribution in [2.24, 2.45) is 0 Å². The third kappa shape index (κ3) is 1.18. The fourth-order valence-electron chi connectivity index (χ4n) is 1.70. The minimum Gasteiger partial charge on any atom is -0.363 e. The molecule has 12 heavy (non-hydrogen) atoms. The molecule has 1 saturated carbocycles. The highest BCUT2D eigenvalue weighted by molar-refractivity contribution is 5.78. The van der Waals surface area contributed by atoms with Gasteiger partial charge in [0.2, 0.25) is 5.91 Å². The predicted octanol–water partition coefficient (Wildman–Crippen LogP) is 0.301. The van der Waals surface area contributed by atoms with Gasteiger partial charge in [-0.3, -0.25) is 4.79 Å². The van der Waals surface area contributed by atoms with E-state index in [9.17, 15) is 13.6 Å². The van der Waals surface area contributed by atoms with Crippen molar-refractivity contribution in [3.05, 3.63) is 0 Å². The van der Waals surface area contributed by atoms with Crippen LogP contribution in [0.4, 0.5) is 8.78 Å². The third-order valence-corrected chi connectivity index (χ3v) is 2.28. The molecule has 68 valence electrons. The molecule has 0 aromatic heterocycles. The molecule has 0 aromatic carbocycles. The van der Waals surface area contributed by atoms with Crippen molar-refractivity contribution in [3.8, 4) is 0 Å². The van der Waals surface area contributed by atoms with E-state index in [1.54, 1.807) is 0 Å². The fraction of sp³-hybridized carbons (Fsp3) is 0.857. The van der Waals surface area contributed by atoms with Crippen LogP contribution >= 0.6 is 0 Å². The zero-order valence-electron chi connectivity index (χ0n) is 6.40. The predicted molar refractivity (Wildman–Crippen MR) is 35.9 cm³/mol. The molecular formula is C7H9F2NO2. The van der Waals surface area contributed by atoms with Gasteiger partial charge in [0.25, 0.3) is 5.92 Å². The molecule has 0 radical (unpaired) electrons. The molecule has 0 bridgehead atoms. The number of carbonyl (C=O) groups excluding carboxylic acids is 1. The van der Waals surface area contributed by atoms with E-state index in [0.717, 1.165) is 0 Å². The molecule has 1 amide bonds. The van der Waals surface area contributed by atoms with Gasteiger partial charge < -0.3 is 10.1 Å². The number of hydrogen-bond acceptors (Lipinski definition) is 2. The van der Waals surface area contributed by atoms with Crippen LogP contribution in [-0.2, 0) is 9.53 Å². The molecule has 0 unspecified atom stereocenters. The highest BCUT2D eigenvalue weighted by atomic mass is 19.3. The normalized spacial score (nSPS) is 31.0. The van der Waals surface area contributed by atoms with Crippen LogP contribution in [0.2, 0.25) is 0 Å². The Labute approximate surface area is 68.1 Å². The molecule has 2 aliphatic rings. The number of ether oxygens (including phenoxy) is 1. The van der Waals surface area contributed by atoms with E-state index in [1.807, 2.05) is 0 Å². The summed E-state index contributed by atoms with van der Waals surface area (Å²) in [5.41, 5.74) is -0.766. The van der Waals surface area contributed by atoms with Crippen molar-refractivity contribution in [2.45, 2.75) is 24.4 Å². The lowest BCUT2D eigenvalue weighted by atomic mass is 9.75. The second-order valence-electron chi connectivity index (χ2n) is 3.46. The molecule has 0 atom stereocenters. The number of hydrogen-bond donors (Lipinski definition) is 1. The van der Waals surface area contributed by atoms with Crippen molar-refractivity contribution in [1.29, 1.82) is 0 Å². The minimum atomic E-state index is -2.60. The van der Waals surface area contributed by atoms with E-state index in [0.29, 0.717) is 0 Å². The summed E-state index contributed by atoms with van der Waals surface area (Å²) in [7, 11) is 0. The average Bonchev–Trinajstić information content (AvgIpc) is 1.91. The van der Waals surface area contributed by atoms with Gasteiger partial charge in [-0.2, -0.15) is 0 Å². The molecule has 2 fully saturated rings. The van der Waals surface area contributed by atoms with Crippen LogP contribution in [0, 0.1) is 0 Å². The van der Waals surface area contributed by atoms with Crippen LogP contribution in [0.25, 0.3) is 0 Å². The highest BCUT2D eigenvalue weighted by Crippen LogP contribution is 2.48. The van der Waals surface area contributed by atoms with Gasteiger partial charge in [-0.15, -0.1) is 0 Å². The Morgan fingerprint density at radius 3 is 2.50 bits per heavy atom. The zero-order valence-corrected chi connectivity index (χ0v) is 6.40. The fourth-order valence-corrected chi connectivity index (χ4v) is 1.70. The molecule has 1 aliphatic heterocycles. The van der Waals surface area contributed by atoms with Crippen molar-refractivity contribution in [3.63, 3.8) is 0 Å². The molecule has 1 heterocycles. The molecule has 0 aromatic rings. The molecular weight excluding hydrogens is 168 g/mol. The molecule has 1 aliphatic carbocycles. The van der Waals surface area contributed by atoms with Crippen LogP contribution in [0.5, 0.6) is 0 Å². The van der Waals surface area contributed by atoms with E-state index >= 15 is 0 Å². The summed E-state index contributed by atoms with van der Waals surface area (Å²) in [5.74, 6) is -2.82. The Balaban J connectivity index is 1.95. The molecule has 1 spiro atoms. The first-order chi connectivity index (χ1) is 5.52. The van der Waals surface area contributed by atoms with Crippen LogP contribution in [0.1, 0.15) is 12.8 Å². The van der Waals surface area contributed by atoms with E-state index < -0.39 is 11.5 Å². The smallest absolute Gasteiger partial charge is 0.253 e. The SMILES string of the molecule is O=C1COC2(CN1)CC(F)(F)C2. The Kier molecular flexibility index (Phi) is 1.42. The van der Waals surface area contributed by atoms with E-state index in [-0.39, 0.29) is 31.9 Å². The number of amides is 1. The van der Waals surface area contributed by atoms with E-state index in [4.69, 9.17) is 4.74 Å². The number of alkyl halides is 2. The number of rotatable bonds is 0. The molecule has 1 N–H and O–H groups in total. The number of morpholine rings is 1. The van der Waals surface area contributed by atoms with E-state index in [2.05, 4.69) is 5.32 Å². The number of halogens is 2. The van der Waals surface area contributed by atoms with Crippen molar-refractivity contribution in [2.75, 3.05) is 13.2 Å². The Morgan fingerprint density at radius 2 is 2.08 bits per heavy atom. The highest BCUT2D eigenvalue weighted by Gasteiger charge is 2.58. The average molecular weight is 177 g/mol. The lowest BCUT2D eigenvalue weighted by Gasteiger charge is -2.48. The summed E-state index contributed by atoms with van der Waals surface area (Å²) >= 11 is 0. The van der Waals surface area contributed by atoms with Gasteiger partial charge in [-0.05, 0) is 0 Å². The van der Waals surface area contributed by atoms with Gasteiger partial charge in [-0.1, -0.05) is 0 Å². The monoisotopic (exact) mass is 177 g/mol. The van der Waals surface area contributed by atoms with Crippen molar-refractivity contribution >= 4 is 5.91 Å². The molecule has 1 saturated heterocycles. The zero-order chi connectivity index (χ0) is 8.82. The maximum Gasteiger partial charge on any atom is 0.253 e. The van der Waals surface area contributed by atoms with Crippen LogP contribution in [0.15, 0.2) is 0 Å². The Bertz CT molecular complexity index is 209. The standard InChI is InChI=1S/C7H9F2NO2/c8-7(9)2-6(3-7)4-10-5(11)1-12-6/h1-4H2,(H,10,11). The maximum atomic E-state index is 12.5. The van der Waals surface area contributed by atoms with E-state index in [1.165, 1.54) is 0 Å². The summed E-state index contributed by atoms with van der Waals surface area (Å²) in [5, 5.41) is 2.52. The lowest BCUT2D eigenvalue weighted by molar-refractivity contribution is -0.233. The molecule has 3 nitrogen and oxygen atoms in total. The quantitative estimate of drug-likeness (QED) is 0.578. The van der Waals surface area contributed by atoms with Crippen LogP contribution in [0.3, 0.4) is 0 Å². The largest absolute Gasteiger partial charge is 0.363 e. The first-order valence-corrected chi connectivity index (χ1v) is 3.80. The second-order valence-corrected chi connectivity index (χ2v) is 3.46. The number of carbonyl (C=O) groups is 1. The van der Waals surface area contributed by atoms with Gasteiger partial charge in [0.15, 0.2) is 0 Å². The van der Waals surface area contributed by atoms with Gasteiger partial charge in [0.05, 0.1) is 5.60 Å². The topological polar surface area (TPSA) is 38.3 Å². The van der Waals surface area contributed by atoms with Crippen LogP contribution in [-0.4, -0.2) is 30.6 Å². The Morgan fingerprint density at radius 1 is 1.42 bits per heavy atom. The summed E-state index contributed by atoms with van der Waals surface area (Å²) < 4.78 is 30.0. The van der Waals surface area contributed by atoms with Crippen molar-refractivity contribution in [1.82, 2.24) is 5.32 Å². The van der Waals surface area contributed by atoms with Crippen LogP contribution < -0.4 is 5.32 Å². The summed E-state index contributed by atoms with van der Waals surface area (Å²) in [6, 6.07) is 0. The Hall–Kier alpha value is -0.710. The van der Waals surface area contributed by atoms with Gasteiger partial charge in [0, 0.05) is 19.4 Å². The summed E-state index contributed by atoms with van der Waals surface area (Å²) in [6.45, 7) is 0.136. The lowest BCUT2D eigenvalue weighted by Crippen LogP contribution is -2.63. The van der Waals surface area contributed by atoms with Gasteiger partial charge >= 0.3 is 0 Å². The first kappa shape index (κ1) is 7.91. The summed E-state index contributed by atoms with van der Waals surface area (Å²) in [4.78, 5) is 10.6. The number of nitrogens with one attached hydrogen (secondary N) is 1. The van der Waals surface area contributed by atoms with Crippen molar-refractivity contribution < 1.29 is 18.3 Å². The molecule has 5 heteroatoms.